The van der Waals surface area contributed by atoms with Crippen molar-refractivity contribution < 1.29 is 15.3 Å². The molecule has 7 N–H and O–H groups in total. The standard InChI is InChI=1S/C12H20N2O3/c13-10(6-15)4-8-2-1-3-9(12(8)17)5-11(14)7-16/h1-3,10-11,15-17H,4-7,13-14H2. The van der Waals surface area contributed by atoms with E-state index >= 15 is 0 Å². The minimum atomic E-state index is -0.386. The maximum atomic E-state index is 10.0. The number of aliphatic hydroxyl groups is 2. The number of aromatic hydroxyl groups is 1. The zero-order valence-electron chi connectivity index (χ0n) is 9.71. The maximum Gasteiger partial charge on any atom is 0.122 e. The van der Waals surface area contributed by atoms with Crippen LogP contribution in [0.15, 0.2) is 18.2 Å². The van der Waals surface area contributed by atoms with Gasteiger partial charge in [-0.3, -0.25) is 0 Å². The fourth-order valence-corrected chi connectivity index (χ4v) is 1.67. The van der Waals surface area contributed by atoms with Crippen LogP contribution in [0.3, 0.4) is 0 Å². The number of phenols is 1. The van der Waals surface area contributed by atoms with E-state index < -0.39 is 0 Å². The second-order valence-corrected chi connectivity index (χ2v) is 4.22. The number of nitrogens with two attached hydrogens (primary N) is 2. The van der Waals surface area contributed by atoms with Gasteiger partial charge in [0, 0.05) is 12.1 Å². The molecular formula is C12H20N2O3. The fraction of sp³-hybridized carbons (Fsp3) is 0.500. The largest absolute Gasteiger partial charge is 0.507 e. The third-order valence-electron chi connectivity index (χ3n) is 2.64. The van der Waals surface area contributed by atoms with Crippen LogP contribution in [-0.4, -0.2) is 40.6 Å². The summed E-state index contributed by atoms with van der Waals surface area (Å²) in [4.78, 5) is 0. The molecule has 0 radical (unpaired) electrons. The Labute approximate surface area is 101 Å². The van der Waals surface area contributed by atoms with E-state index in [1.165, 1.54) is 0 Å². The number of aliphatic hydroxyl groups excluding tert-OH is 2. The summed E-state index contributed by atoms with van der Waals surface area (Å²) in [5.74, 6) is 0.153. The van der Waals surface area contributed by atoms with E-state index in [1.54, 1.807) is 18.2 Å². The molecule has 1 aromatic rings. The van der Waals surface area contributed by atoms with Gasteiger partial charge in [-0.05, 0) is 24.0 Å². The molecular weight excluding hydrogens is 220 g/mol. The van der Waals surface area contributed by atoms with Gasteiger partial charge in [-0.1, -0.05) is 18.2 Å². The van der Waals surface area contributed by atoms with Crippen LogP contribution in [0.2, 0.25) is 0 Å². The molecule has 1 aromatic carbocycles. The molecule has 2 atom stereocenters. The summed E-state index contributed by atoms with van der Waals surface area (Å²) in [6.45, 7) is -0.250. The Hall–Kier alpha value is -1.14. The highest BCUT2D eigenvalue weighted by molar-refractivity contribution is 5.41. The molecule has 0 aliphatic rings. The molecule has 0 aliphatic carbocycles. The van der Waals surface area contributed by atoms with Crippen molar-refractivity contribution in [2.75, 3.05) is 13.2 Å². The molecule has 17 heavy (non-hydrogen) atoms. The summed E-state index contributed by atoms with van der Waals surface area (Å²) in [5, 5.41) is 27.8. The Morgan fingerprint density at radius 3 is 1.71 bits per heavy atom. The molecule has 96 valence electrons. The number of hydrogen-bond acceptors (Lipinski definition) is 5. The number of benzene rings is 1. The molecule has 1 rings (SSSR count). The van der Waals surface area contributed by atoms with Gasteiger partial charge in [-0.2, -0.15) is 0 Å². The highest BCUT2D eigenvalue weighted by Gasteiger charge is 2.12. The Kier molecular flexibility index (Phi) is 5.37. The number of para-hydroxylation sites is 1. The summed E-state index contributed by atoms with van der Waals surface area (Å²) in [6, 6.07) is 4.56. The Morgan fingerprint density at radius 1 is 0.941 bits per heavy atom. The lowest BCUT2D eigenvalue weighted by molar-refractivity contribution is 0.263. The zero-order chi connectivity index (χ0) is 12.8. The summed E-state index contributed by atoms with van der Waals surface area (Å²) in [7, 11) is 0. The first kappa shape index (κ1) is 13.9. The molecule has 0 fully saturated rings. The molecule has 5 nitrogen and oxygen atoms in total. The summed E-state index contributed by atoms with van der Waals surface area (Å²) < 4.78 is 0. The van der Waals surface area contributed by atoms with E-state index in [2.05, 4.69) is 0 Å². The highest BCUT2D eigenvalue weighted by Crippen LogP contribution is 2.24. The van der Waals surface area contributed by atoms with Crippen molar-refractivity contribution in [1.82, 2.24) is 0 Å². The highest BCUT2D eigenvalue weighted by atomic mass is 16.3. The van der Waals surface area contributed by atoms with E-state index in [0.29, 0.717) is 24.0 Å². The first-order chi connectivity index (χ1) is 8.08. The molecule has 0 aromatic heterocycles. The van der Waals surface area contributed by atoms with Crippen molar-refractivity contribution in [2.45, 2.75) is 24.9 Å². The van der Waals surface area contributed by atoms with Gasteiger partial charge < -0.3 is 26.8 Å². The SMILES string of the molecule is NC(CO)Cc1cccc(CC(N)CO)c1O. The molecule has 0 bridgehead atoms. The van der Waals surface area contributed by atoms with Crippen LogP contribution < -0.4 is 11.5 Å². The average molecular weight is 240 g/mol. The molecule has 0 saturated carbocycles. The lowest BCUT2D eigenvalue weighted by Gasteiger charge is -2.14. The third-order valence-corrected chi connectivity index (χ3v) is 2.64. The Morgan fingerprint density at radius 2 is 1.35 bits per heavy atom. The van der Waals surface area contributed by atoms with Gasteiger partial charge in [0.25, 0.3) is 0 Å². The van der Waals surface area contributed by atoms with Gasteiger partial charge in [0.05, 0.1) is 13.2 Å². The van der Waals surface area contributed by atoms with Gasteiger partial charge in [-0.25, -0.2) is 0 Å². The molecule has 0 spiro atoms. The minimum Gasteiger partial charge on any atom is -0.507 e. The van der Waals surface area contributed by atoms with Gasteiger partial charge >= 0.3 is 0 Å². The molecule has 0 amide bonds. The lowest BCUT2D eigenvalue weighted by Crippen LogP contribution is -2.28. The molecule has 0 saturated heterocycles. The molecule has 5 heteroatoms. The van der Waals surface area contributed by atoms with E-state index in [9.17, 15) is 5.11 Å². The smallest absolute Gasteiger partial charge is 0.122 e. The van der Waals surface area contributed by atoms with Crippen LogP contribution >= 0.6 is 0 Å². The normalized spacial score (nSPS) is 14.6. The van der Waals surface area contributed by atoms with Crippen LogP contribution in [-0.2, 0) is 12.8 Å². The van der Waals surface area contributed by atoms with E-state index in [4.69, 9.17) is 21.7 Å². The van der Waals surface area contributed by atoms with Gasteiger partial charge in [0.2, 0.25) is 0 Å². The van der Waals surface area contributed by atoms with Crippen LogP contribution in [0.4, 0.5) is 0 Å². The van der Waals surface area contributed by atoms with E-state index in [0.717, 1.165) is 0 Å². The topological polar surface area (TPSA) is 113 Å². The van der Waals surface area contributed by atoms with Gasteiger partial charge in [0.15, 0.2) is 0 Å². The lowest BCUT2D eigenvalue weighted by atomic mass is 9.99. The quantitative estimate of drug-likeness (QED) is 0.443. The van der Waals surface area contributed by atoms with Gasteiger partial charge in [0.1, 0.15) is 5.75 Å². The molecule has 2 unspecified atom stereocenters. The second kappa shape index (κ2) is 6.56. The van der Waals surface area contributed by atoms with Crippen LogP contribution in [0.1, 0.15) is 11.1 Å². The van der Waals surface area contributed by atoms with Gasteiger partial charge in [-0.15, -0.1) is 0 Å². The summed E-state index contributed by atoms with van der Waals surface area (Å²) in [6.07, 6.45) is 0.815. The van der Waals surface area contributed by atoms with Crippen molar-refractivity contribution in [3.63, 3.8) is 0 Å². The molecule has 0 aliphatic heterocycles. The average Bonchev–Trinajstić information content (AvgIpc) is 2.33. The molecule has 0 heterocycles. The van der Waals surface area contributed by atoms with Crippen LogP contribution in [0.25, 0.3) is 0 Å². The number of hydrogen-bond donors (Lipinski definition) is 5. The first-order valence-electron chi connectivity index (χ1n) is 5.61. The van der Waals surface area contributed by atoms with E-state index in [-0.39, 0.29) is 31.0 Å². The predicted molar refractivity (Wildman–Crippen MR) is 65.6 cm³/mol. The second-order valence-electron chi connectivity index (χ2n) is 4.22. The summed E-state index contributed by atoms with van der Waals surface area (Å²) >= 11 is 0. The van der Waals surface area contributed by atoms with Crippen LogP contribution in [0, 0.1) is 0 Å². The third kappa shape index (κ3) is 3.98. The van der Waals surface area contributed by atoms with Crippen molar-refractivity contribution in [3.05, 3.63) is 29.3 Å². The maximum absolute atomic E-state index is 10.0. The monoisotopic (exact) mass is 240 g/mol. The number of rotatable bonds is 6. The van der Waals surface area contributed by atoms with E-state index in [1.807, 2.05) is 0 Å². The minimum absolute atomic E-state index is 0.125. The van der Waals surface area contributed by atoms with Crippen molar-refractivity contribution >= 4 is 0 Å². The zero-order valence-corrected chi connectivity index (χ0v) is 9.71. The van der Waals surface area contributed by atoms with Crippen LogP contribution in [0.5, 0.6) is 5.75 Å². The van der Waals surface area contributed by atoms with Crippen molar-refractivity contribution in [2.24, 2.45) is 11.5 Å². The predicted octanol–water partition coefficient (Wildman–Crippen LogP) is -0.884. The van der Waals surface area contributed by atoms with Crippen molar-refractivity contribution in [3.8, 4) is 5.75 Å². The Bertz CT molecular complexity index is 327. The van der Waals surface area contributed by atoms with Crippen molar-refractivity contribution in [1.29, 1.82) is 0 Å². The first-order valence-corrected chi connectivity index (χ1v) is 5.61. The fourth-order valence-electron chi connectivity index (χ4n) is 1.67. The summed E-state index contributed by atoms with van der Waals surface area (Å²) in [5.41, 5.74) is 12.6. The number of phenolic OH excluding ortho intramolecular Hbond substituents is 1. The Balaban J connectivity index is 2.83.